The normalized spacial score (nSPS) is 10.5. The van der Waals surface area contributed by atoms with Crippen molar-refractivity contribution < 1.29 is 32.3 Å². The number of nitrogens with zero attached hydrogens (tertiary/aromatic N) is 2. The minimum Gasteiger partial charge on any atom is -0.475 e. The highest BCUT2D eigenvalue weighted by molar-refractivity contribution is 7.14. The molecular formula is C15H15F4N3O3S. The summed E-state index contributed by atoms with van der Waals surface area (Å²) in [5.41, 5.74) is 1.62. The van der Waals surface area contributed by atoms with E-state index < -0.39 is 12.1 Å². The summed E-state index contributed by atoms with van der Waals surface area (Å²) in [4.78, 5) is 26.2. The summed E-state index contributed by atoms with van der Waals surface area (Å²) in [6.07, 6.45) is -5.08. The molecule has 0 bridgehead atoms. The van der Waals surface area contributed by atoms with Gasteiger partial charge in [0.1, 0.15) is 5.82 Å². The third kappa shape index (κ3) is 7.05. The van der Waals surface area contributed by atoms with Gasteiger partial charge in [0.15, 0.2) is 5.13 Å². The third-order valence-corrected chi connectivity index (χ3v) is 3.58. The fraction of sp³-hybridized carbons (Fsp3) is 0.267. The summed E-state index contributed by atoms with van der Waals surface area (Å²) >= 11 is 1.42. The first kappa shape index (κ1) is 21.4. The van der Waals surface area contributed by atoms with Crippen LogP contribution >= 0.6 is 11.3 Å². The molecule has 6 nitrogen and oxygen atoms in total. The lowest BCUT2D eigenvalue weighted by Crippen LogP contribution is -2.28. The maximum Gasteiger partial charge on any atom is 0.490 e. The van der Waals surface area contributed by atoms with Crippen molar-refractivity contribution in [1.29, 1.82) is 0 Å². The number of carbonyl (C=O) groups excluding carboxylic acids is 1. The van der Waals surface area contributed by atoms with E-state index in [0.29, 0.717) is 5.13 Å². The highest BCUT2D eigenvalue weighted by Gasteiger charge is 2.38. The van der Waals surface area contributed by atoms with Gasteiger partial charge in [-0.15, -0.1) is 11.3 Å². The molecule has 2 N–H and O–H groups in total. The molecule has 0 spiro atoms. The van der Waals surface area contributed by atoms with Crippen molar-refractivity contribution in [3.05, 3.63) is 35.5 Å². The Labute approximate surface area is 150 Å². The second kappa shape index (κ2) is 9.13. The number of anilines is 1. The van der Waals surface area contributed by atoms with Crippen molar-refractivity contribution >= 4 is 28.3 Å². The van der Waals surface area contributed by atoms with Crippen molar-refractivity contribution in [2.24, 2.45) is 0 Å². The van der Waals surface area contributed by atoms with E-state index >= 15 is 0 Å². The highest BCUT2D eigenvalue weighted by Crippen LogP contribution is 2.24. The number of thiazole rings is 1. The Morgan fingerprint density at radius 3 is 2.23 bits per heavy atom. The second-order valence-electron chi connectivity index (χ2n) is 4.99. The Morgan fingerprint density at radius 1 is 1.23 bits per heavy atom. The van der Waals surface area contributed by atoms with Gasteiger partial charge in [0, 0.05) is 25.0 Å². The zero-order valence-electron chi connectivity index (χ0n) is 13.7. The van der Waals surface area contributed by atoms with E-state index in [1.165, 1.54) is 28.4 Å². The van der Waals surface area contributed by atoms with Crippen molar-refractivity contribution in [3.8, 4) is 11.3 Å². The van der Waals surface area contributed by atoms with Crippen molar-refractivity contribution in [2.75, 3.05) is 26.0 Å². The van der Waals surface area contributed by atoms with Gasteiger partial charge in [-0.3, -0.25) is 4.79 Å². The summed E-state index contributed by atoms with van der Waals surface area (Å²) < 4.78 is 44.6. The maximum atomic E-state index is 12.8. The molecular weight excluding hydrogens is 378 g/mol. The van der Waals surface area contributed by atoms with Crippen LogP contribution in [0.5, 0.6) is 0 Å². The molecule has 0 saturated carbocycles. The van der Waals surface area contributed by atoms with Crippen LogP contribution in [0.2, 0.25) is 0 Å². The number of carbonyl (C=O) groups is 2. The van der Waals surface area contributed by atoms with Crippen LogP contribution in [0.1, 0.15) is 0 Å². The number of likely N-dealkylation sites (N-methyl/N-ethyl adjacent to an activating group) is 1. The molecule has 0 radical (unpaired) electrons. The predicted octanol–water partition coefficient (Wildman–Crippen LogP) is 3.08. The smallest absolute Gasteiger partial charge is 0.475 e. The third-order valence-electron chi connectivity index (χ3n) is 2.78. The molecule has 0 aliphatic heterocycles. The number of carboxylic acids is 1. The van der Waals surface area contributed by atoms with Gasteiger partial charge in [0.05, 0.1) is 12.2 Å². The number of benzene rings is 1. The molecule has 0 fully saturated rings. The Kier molecular flexibility index (Phi) is 7.50. The number of aromatic nitrogens is 1. The largest absolute Gasteiger partial charge is 0.490 e. The van der Waals surface area contributed by atoms with E-state index in [1.54, 1.807) is 26.2 Å². The molecule has 2 aromatic rings. The van der Waals surface area contributed by atoms with E-state index in [1.807, 2.05) is 5.38 Å². The Hall–Kier alpha value is -2.69. The molecule has 1 amide bonds. The van der Waals surface area contributed by atoms with Crippen LogP contribution in [0.15, 0.2) is 29.6 Å². The summed E-state index contributed by atoms with van der Waals surface area (Å²) in [6.45, 7) is 0.212. The van der Waals surface area contributed by atoms with E-state index in [-0.39, 0.29) is 18.3 Å². The molecule has 1 aromatic heterocycles. The molecule has 11 heteroatoms. The predicted molar refractivity (Wildman–Crippen MR) is 88.4 cm³/mol. The summed E-state index contributed by atoms with van der Waals surface area (Å²) in [5, 5.41) is 12.6. The lowest BCUT2D eigenvalue weighted by Gasteiger charge is -2.09. The van der Waals surface area contributed by atoms with Crippen LogP contribution in [-0.4, -0.2) is 53.7 Å². The number of halogens is 4. The molecule has 142 valence electrons. The van der Waals surface area contributed by atoms with Crippen LogP contribution in [0.25, 0.3) is 11.3 Å². The van der Waals surface area contributed by atoms with Crippen molar-refractivity contribution in [2.45, 2.75) is 6.18 Å². The summed E-state index contributed by atoms with van der Waals surface area (Å²) in [5.74, 6) is -3.04. The molecule has 1 heterocycles. The Balaban J connectivity index is 0.000000412. The summed E-state index contributed by atoms with van der Waals surface area (Å²) in [7, 11) is 3.41. The number of amides is 1. The highest BCUT2D eigenvalue weighted by atomic mass is 32.1. The Morgan fingerprint density at radius 2 is 1.77 bits per heavy atom. The number of alkyl halides is 3. The lowest BCUT2D eigenvalue weighted by atomic mass is 10.2. The van der Waals surface area contributed by atoms with E-state index in [9.17, 15) is 22.4 Å². The number of carboxylic acid groups (broad SMARTS) is 1. The van der Waals surface area contributed by atoms with Crippen LogP contribution in [-0.2, 0) is 9.59 Å². The van der Waals surface area contributed by atoms with Gasteiger partial charge in [-0.05, 0) is 24.3 Å². The quantitative estimate of drug-likeness (QED) is 0.781. The van der Waals surface area contributed by atoms with Gasteiger partial charge >= 0.3 is 12.1 Å². The number of aliphatic carboxylic acids is 1. The summed E-state index contributed by atoms with van der Waals surface area (Å²) in [6, 6.07) is 6.16. The molecule has 2 rings (SSSR count). The minimum absolute atomic E-state index is 0.0152. The van der Waals surface area contributed by atoms with Gasteiger partial charge < -0.3 is 15.3 Å². The standard InChI is InChI=1S/C13H14FN3OS.C2HF3O2/c1-17(2)12(18)7-15-13-16-11(8-19-13)9-3-5-10(14)6-4-9;3-2(4,5)1(6)7/h3-6,8H,7H2,1-2H3,(H,15,16);(H,6,7). The first-order chi connectivity index (χ1) is 12.0. The van der Waals surface area contributed by atoms with Crippen LogP contribution < -0.4 is 5.32 Å². The van der Waals surface area contributed by atoms with E-state index in [2.05, 4.69) is 10.3 Å². The molecule has 1 aromatic carbocycles. The fourth-order valence-corrected chi connectivity index (χ4v) is 2.14. The molecule has 0 unspecified atom stereocenters. The van der Waals surface area contributed by atoms with Gasteiger partial charge in [0.25, 0.3) is 0 Å². The molecule has 0 aliphatic rings. The minimum atomic E-state index is -5.08. The van der Waals surface area contributed by atoms with Crippen LogP contribution in [0.4, 0.5) is 22.7 Å². The monoisotopic (exact) mass is 393 g/mol. The lowest BCUT2D eigenvalue weighted by molar-refractivity contribution is -0.192. The number of hydrogen-bond donors (Lipinski definition) is 2. The van der Waals surface area contributed by atoms with Crippen LogP contribution in [0, 0.1) is 5.82 Å². The molecule has 0 aliphatic carbocycles. The van der Waals surface area contributed by atoms with E-state index in [0.717, 1.165) is 11.3 Å². The number of rotatable bonds is 4. The van der Waals surface area contributed by atoms with Crippen molar-refractivity contribution in [3.63, 3.8) is 0 Å². The Bertz CT molecular complexity index is 745. The molecule has 0 saturated heterocycles. The SMILES string of the molecule is CN(C)C(=O)CNc1nc(-c2ccc(F)cc2)cs1.O=C(O)C(F)(F)F. The topological polar surface area (TPSA) is 82.5 Å². The van der Waals surface area contributed by atoms with Gasteiger partial charge in [-0.2, -0.15) is 13.2 Å². The number of nitrogens with one attached hydrogen (secondary N) is 1. The van der Waals surface area contributed by atoms with E-state index in [4.69, 9.17) is 9.90 Å². The number of hydrogen-bond acceptors (Lipinski definition) is 5. The molecule has 0 atom stereocenters. The second-order valence-corrected chi connectivity index (χ2v) is 5.85. The zero-order chi connectivity index (χ0) is 19.9. The average Bonchev–Trinajstić information content (AvgIpc) is 3.01. The zero-order valence-corrected chi connectivity index (χ0v) is 14.5. The first-order valence-electron chi connectivity index (χ1n) is 6.96. The van der Waals surface area contributed by atoms with Gasteiger partial charge in [0.2, 0.25) is 5.91 Å². The average molecular weight is 393 g/mol. The first-order valence-corrected chi connectivity index (χ1v) is 7.84. The fourth-order valence-electron chi connectivity index (χ4n) is 1.42. The van der Waals surface area contributed by atoms with Crippen LogP contribution in [0.3, 0.4) is 0 Å². The molecule has 26 heavy (non-hydrogen) atoms. The maximum absolute atomic E-state index is 12.8. The van der Waals surface area contributed by atoms with Crippen molar-refractivity contribution in [1.82, 2.24) is 9.88 Å². The van der Waals surface area contributed by atoms with Gasteiger partial charge in [-0.1, -0.05) is 0 Å². The van der Waals surface area contributed by atoms with Gasteiger partial charge in [-0.25, -0.2) is 14.2 Å².